The molecule has 0 atom stereocenters. The molecule has 3 nitrogen and oxygen atoms in total. The Morgan fingerprint density at radius 1 is 1.67 bits per heavy atom. The van der Waals surface area contributed by atoms with E-state index in [9.17, 15) is 4.79 Å². The molecule has 0 aliphatic carbocycles. The number of esters is 1. The Labute approximate surface area is 79.9 Å². The van der Waals surface area contributed by atoms with Crippen LogP contribution in [0.1, 0.15) is 15.2 Å². The highest BCUT2D eigenvalue weighted by molar-refractivity contribution is 7.80. The lowest BCUT2D eigenvalue weighted by molar-refractivity contribution is 0.0605. The minimum Gasteiger partial charge on any atom is -0.465 e. The van der Waals surface area contributed by atoms with Crippen molar-refractivity contribution in [3.05, 3.63) is 10.4 Å². The highest BCUT2D eigenvalue weighted by Crippen LogP contribution is 2.33. The molecule has 0 amide bonds. The van der Waals surface area contributed by atoms with E-state index in [2.05, 4.69) is 17.4 Å². The summed E-state index contributed by atoms with van der Waals surface area (Å²) in [7, 11) is 1.34. The standard InChI is InChI=1S/C7H9NO2S2/c1-3-4(11)6(8)12-5(3)7(9)10-2/h11H,8H2,1-2H3. The number of rotatable bonds is 1. The Morgan fingerprint density at radius 3 is 2.58 bits per heavy atom. The molecule has 0 aromatic carbocycles. The first-order valence-electron chi connectivity index (χ1n) is 3.24. The third kappa shape index (κ3) is 1.42. The molecule has 0 radical (unpaired) electrons. The van der Waals surface area contributed by atoms with Crippen molar-refractivity contribution >= 4 is 34.9 Å². The Kier molecular flexibility index (Phi) is 2.64. The molecule has 0 saturated carbocycles. The summed E-state index contributed by atoms with van der Waals surface area (Å²) in [6.45, 7) is 1.79. The maximum absolute atomic E-state index is 11.1. The number of hydrogen-bond donors (Lipinski definition) is 2. The van der Waals surface area contributed by atoms with Gasteiger partial charge in [-0.05, 0) is 12.5 Å². The fourth-order valence-electron chi connectivity index (χ4n) is 0.815. The Hall–Kier alpha value is -0.680. The molecule has 0 unspecified atom stereocenters. The number of thiophene rings is 1. The molecule has 0 spiro atoms. The molecule has 1 heterocycles. The van der Waals surface area contributed by atoms with Gasteiger partial charge in [-0.15, -0.1) is 24.0 Å². The average molecular weight is 203 g/mol. The van der Waals surface area contributed by atoms with Crippen molar-refractivity contribution < 1.29 is 9.53 Å². The predicted molar refractivity (Wildman–Crippen MR) is 52.1 cm³/mol. The van der Waals surface area contributed by atoms with Crippen molar-refractivity contribution in [2.45, 2.75) is 11.8 Å². The van der Waals surface area contributed by atoms with E-state index >= 15 is 0 Å². The van der Waals surface area contributed by atoms with Crippen LogP contribution in [0.2, 0.25) is 0 Å². The van der Waals surface area contributed by atoms with E-state index in [1.54, 1.807) is 6.92 Å². The number of nitrogen functional groups attached to an aromatic ring is 1. The number of ether oxygens (including phenoxy) is 1. The second-order valence-electron chi connectivity index (χ2n) is 2.26. The highest BCUT2D eigenvalue weighted by Gasteiger charge is 2.16. The van der Waals surface area contributed by atoms with Crippen LogP contribution in [0.5, 0.6) is 0 Å². The van der Waals surface area contributed by atoms with Crippen LogP contribution in [0.25, 0.3) is 0 Å². The van der Waals surface area contributed by atoms with Crippen LogP contribution in [-0.4, -0.2) is 13.1 Å². The quantitative estimate of drug-likeness (QED) is 0.539. The van der Waals surface area contributed by atoms with Gasteiger partial charge in [-0.3, -0.25) is 0 Å². The molecular weight excluding hydrogens is 194 g/mol. The van der Waals surface area contributed by atoms with Crippen molar-refractivity contribution in [3.8, 4) is 0 Å². The van der Waals surface area contributed by atoms with Gasteiger partial charge >= 0.3 is 5.97 Å². The summed E-state index contributed by atoms with van der Waals surface area (Å²) in [6.07, 6.45) is 0. The summed E-state index contributed by atoms with van der Waals surface area (Å²) in [4.78, 5) is 12.3. The normalized spacial score (nSPS) is 9.92. The van der Waals surface area contributed by atoms with Gasteiger partial charge in [-0.1, -0.05) is 0 Å². The van der Waals surface area contributed by atoms with Gasteiger partial charge in [0.25, 0.3) is 0 Å². The third-order valence-corrected chi connectivity index (χ3v) is 3.34. The summed E-state index contributed by atoms with van der Waals surface area (Å²) in [5, 5.41) is 0.552. The van der Waals surface area contributed by atoms with Gasteiger partial charge in [0, 0.05) is 4.90 Å². The van der Waals surface area contributed by atoms with Crippen LogP contribution in [0.3, 0.4) is 0 Å². The molecule has 66 valence electrons. The van der Waals surface area contributed by atoms with Gasteiger partial charge in [-0.2, -0.15) is 0 Å². The van der Waals surface area contributed by atoms with Crippen LogP contribution in [-0.2, 0) is 4.74 Å². The lowest BCUT2D eigenvalue weighted by Gasteiger charge is -1.95. The summed E-state index contributed by atoms with van der Waals surface area (Å²) in [6, 6.07) is 0. The number of carbonyl (C=O) groups excluding carboxylic acids is 1. The van der Waals surface area contributed by atoms with Crippen molar-refractivity contribution in [2.75, 3.05) is 12.8 Å². The first-order chi connectivity index (χ1) is 5.57. The minimum absolute atomic E-state index is 0.357. The zero-order valence-electron chi connectivity index (χ0n) is 6.75. The third-order valence-electron chi connectivity index (χ3n) is 1.51. The monoisotopic (exact) mass is 203 g/mol. The number of methoxy groups -OCH3 is 1. The molecule has 0 saturated heterocycles. The number of anilines is 1. The van der Waals surface area contributed by atoms with Crippen molar-refractivity contribution in [3.63, 3.8) is 0 Å². The summed E-state index contributed by atoms with van der Waals surface area (Å²) in [5.74, 6) is -0.357. The van der Waals surface area contributed by atoms with Crippen LogP contribution in [0, 0.1) is 6.92 Å². The molecule has 1 rings (SSSR count). The van der Waals surface area contributed by atoms with Gasteiger partial charge in [-0.25, -0.2) is 4.79 Å². The second kappa shape index (κ2) is 3.37. The predicted octanol–water partition coefficient (Wildman–Crippen LogP) is 1.71. The Balaban J connectivity index is 3.17. The maximum Gasteiger partial charge on any atom is 0.348 e. The zero-order chi connectivity index (χ0) is 9.30. The molecule has 2 N–H and O–H groups in total. The molecule has 0 aliphatic rings. The molecule has 1 aromatic heterocycles. The van der Waals surface area contributed by atoms with Crippen LogP contribution in [0.15, 0.2) is 4.90 Å². The Morgan fingerprint density at radius 2 is 2.25 bits per heavy atom. The van der Waals surface area contributed by atoms with Gasteiger partial charge in [0.05, 0.1) is 7.11 Å². The fraction of sp³-hybridized carbons (Fsp3) is 0.286. The zero-order valence-corrected chi connectivity index (χ0v) is 8.46. The van der Waals surface area contributed by atoms with Crippen LogP contribution in [0.4, 0.5) is 5.00 Å². The summed E-state index contributed by atoms with van der Waals surface area (Å²) in [5.41, 5.74) is 6.35. The van der Waals surface area contributed by atoms with E-state index in [1.165, 1.54) is 18.4 Å². The molecule has 0 fully saturated rings. The lowest BCUT2D eigenvalue weighted by Crippen LogP contribution is -1.99. The van der Waals surface area contributed by atoms with Crippen LogP contribution < -0.4 is 5.73 Å². The van der Waals surface area contributed by atoms with E-state index in [4.69, 9.17) is 5.73 Å². The van der Waals surface area contributed by atoms with Gasteiger partial charge < -0.3 is 10.5 Å². The van der Waals surface area contributed by atoms with E-state index in [0.29, 0.717) is 14.8 Å². The van der Waals surface area contributed by atoms with E-state index < -0.39 is 0 Å². The number of nitrogens with two attached hydrogens (primary N) is 1. The summed E-state index contributed by atoms with van der Waals surface area (Å²) >= 11 is 5.34. The molecule has 0 bridgehead atoms. The van der Waals surface area contributed by atoms with Gasteiger partial charge in [0.2, 0.25) is 0 Å². The fourth-order valence-corrected chi connectivity index (χ4v) is 2.03. The topological polar surface area (TPSA) is 52.3 Å². The maximum atomic E-state index is 11.1. The van der Waals surface area contributed by atoms with Gasteiger partial charge in [0.1, 0.15) is 9.88 Å². The first kappa shape index (κ1) is 9.41. The smallest absolute Gasteiger partial charge is 0.348 e. The van der Waals surface area contributed by atoms with E-state index in [-0.39, 0.29) is 5.97 Å². The Bertz CT molecular complexity index is 319. The average Bonchev–Trinajstić information content (AvgIpc) is 2.32. The van der Waals surface area contributed by atoms with Crippen molar-refractivity contribution in [1.82, 2.24) is 0 Å². The van der Waals surface area contributed by atoms with E-state index in [1.807, 2.05) is 0 Å². The highest BCUT2D eigenvalue weighted by atomic mass is 32.1. The summed E-state index contributed by atoms with van der Waals surface area (Å²) < 4.78 is 4.57. The number of carbonyl (C=O) groups is 1. The minimum atomic E-state index is -0.357. The van der Waals surface area contributed by atoms with Gasteiger partial charge in [0.15, 0.2) is 0 Å². The molecule has 5 heteroatoms. The van der Waals surface area contributed by atoms with Crippen LogP contribution >= 0.6 is 24.0 Å². The van der Waals surface area contributed by atoms with Crippen molar-refractivity contribution in [2.24, 2.45) is 0 Å². The molecule has 12 heavy (non-hydrogen) atoms. The number of hydrogen-bond acceptors (Lipinski definition) is 5. The second-order valence-corrected chi connectivity index (χ2v) is 3.76. The van der Waals surface area contributed by atoms with Crippen molar-refractivity contribution in [1.29, 1.82) is 0 Å². The number of thiol groups is 1. The lowest BCUT2D eigenvalue weighted by atomic mass is 10.3. The first-order valence-corrected chi connectivity index (χ1v) is 4.50. The molecule has 1 aromatic rings. The molecule has 0 aliphatic heterocycles. The largest absolute Gasteiger partial charge is 0.465 e. The van der Waals surface area contributed by atoms with E-state index in [0.717, 1.165) is 5.56 Å². The molecular formula is C7H9NO2S2. The SMILES string of the molecule is COC(=O)c1sc(N)c(S)c1C.